The van der Waals surface area contributed by atoms with Crippen LogP contribution in [0, 0.1) is 0 Å². The molecule has 0 radical (unpaired) electrons. The Morgan fingerprint density at radius 1 is 1.36 bits per heavy atom. The fourth-order valence-electron chi connectivity index (χ4n) is 2.23. The van der Waals surface area contributed by atoms with Crippen LogP contribution in [0.2, 0.25) is 0 Å². The molecular formula is C16H26IN3OS. The summed E-state index contributed by atoms with van der Waals surface area (Å²) in [5.74, 6) is 2.61. The zero-order valence-electron chi connectivity index (χ0n) is 13.2. The summed E-state index contributed by atoms with van der Waals surface area (Å²) in [7, 11) is 0. The van der Waals surface area contributed by atoms with Gasteiger partial charge in [0.05, 0.1) is 12.6 Å². The van der Waals surface area contributed by atoms with Gasteiger partial charge in [0.2, 0.25) is 0 Å². The van der Waals surface area contributed by atoms with E-state index in [2.05, 4.69) is 10.3 Å². The van der Waals surface area contributed by atoms with E-state index >= 15 is 0 Å². The van der Waals surface area contributed by atoms with Gasteiger partial charge in [-0.15, -0.1) is 24.0 Å². The summed E-state index contributed by atoms with van der Waals surface area (Å²) in [6, 6.07) is 7.78. The Bertz CT molecular complexity index is 459. The highest BCUT2D eigenvalue weighted by Gasteiger charge is 2.13. The van der Waals surface area contributed by atoms with E-state index in [9.17, 15) is 0 Å². The number of nitrogens with two attached hydrogens (primary N) is 1. The van der Waals surface area contributed by atoms with Gasteiger partial charge in [0.15, 0.2) is 5.96 Å². The number of rotatable bonds is 5. The predicted molar refractivity (Wildman–Crippen MR) is 108 cm³/mol. The van der Waals surface area contributed by atoms with E-state index in [0.29, 0.717) is 11.2 Å². The van der Waals surface area contributed by atoms with Crippen LogP contribution in [0.25, 0.3) is 0 Å². The van der Waals surface area contributed by atoms with Crippen LogP contribution >= 0.6 is 35.7 Å². The maximum absolute atomic E-state index is 5.94. The van der Waals surface area contributed by atoms with Crippen LogP contribution in [0.15, 0.2) is 29.3 Å². The van der Waals surface area contributed by atoms with Crippen LogP contribution in [-0.4, -0.2) is 29.6 Å². The number of anilines is 1. The van der Waals surface area contributed by atoms with Crippen molar-refractivity contribution >= 4 is 47.4 Å². The lowest BCUT2D eigenvalue weighted by Gasteiger charge is -2.19. The highest BCUT2D eigenvalue weighted by Crippen LogP contribution is 2.25. The lowest BCUT2D eigenvalue weighted by molar-refractivity contribution is 0.242. The molecule has 1 unspecified atom stereocenters. The van der Waals surface area contributed by atoms with Crippen LogP contribution < -0.4 is 15.8 Å². The van der Waals surface area contributed by atoms with Crippen LogP contribution in [0.5, 0.6) is 5.75 Å². The Labute approximate surface area is 154 Å². The van der Waals surface area contributed by atoms with Crippen molar-refractivity contribution < 1.29 is 4.74 Å². The van der Waals surface area contributed by atoms with Gasteiger partial charge in [-0.3, -0.25) is 4.99 Å². The lowest BCUT2D eigenvalue weighted by atomic mass is 10.2. The fourth-order valence-corrected chi connectivity index (χ4v) is 3.45. The first-order chi connectivity index (χ1) is 10.1. The summed E-state index contributed by atoms with van der Waals surface area (Å²) >= 11 is 2.01. The average Bonchev–Trinajstić information content (AvgIpc) is 2.48. The molecule has 1 saturated heterocycles. The third-order valence-electron chi connectivity index (χ3n) is 3.24. The SMILES string of the molecule is CC(C)Oc1ccc(NC(N)=NCC2CCCCS2)cc1.I. The van der Waals surface area contributed by atoms with Crippen molar-refractivity contribution in [3.8, 4) is 5.75 Å². The Hall–Kier alpha value is -0.630. The second-order valence-electron chi connectivity index (χ2n) is 5.53. The molecule has 1 aromatic rings. The molecule has 6 heteroatoms. The minimum Gasteiger partial charge on any atom is -0.491 e. The molecule has 0 amide bonds. The van der Waals surface area contributed by atoms with E-state index in [4.69, 9.17) is 10.5 Å². The first-order valence-electron chi connectivity index (χ1n) is 7.59. The number of thioether (sulfide) groups is 1. The normalized spacial score (nSPS) is 18.7. The molecule has 4 nitrogen and oxygen atoms in total. The van der Waals surface area contributed by atoms with Gasteiger partial charge in [-0.1, -0.05) is 6.42 Å². The van der Waals surface area contributed by atoms with Crippen molar-refractivity contribution in [1.82, 2.24) is 0 Å². The Morgan fingerprint density at radius 2 is 2.09 bits per heavy atom. The maximum atomic E-state index is 5.94. The Morgan fingerprint density at radius 3 is 2.68 bits per heavy atom. The zero-order valence-corrected chi connectivity index (χ0v) is 16.4. The van der Waals surface area contributed by atoms with Gasteiger partial charge >= 0.3 is 0 Å². The molecule has 0 saturated carbocycles. The molecule has 0 aromatic heterocycles. The van der Waals surface area contributed by atoms with Crippen molar-refractivity contribution in [2.75, 3.05) is 17.6 Å². The van der Waals surface area contributed by atoms with Crippen LogP contribution in [0.3, 0.4) is 0 Å². The molecule has 1 atom stereocenters. The highest BCUT2D eigenvalue weighted by molar-refractivity contribution is 14.0. The molecule has 1 aromatic carbocycles. The second-order valence-corrected chi connectivity index (χ2v) is 6.94. The van der Waals surface area contributed by atoms with Gasteiger partial charge in [-0.2, -0.15) is 11.8 Å². The Kier molecular flexibility index (Phi) is 9.00. The van der Waals surface area contributed by atoms with E-state index in [0.717, 1.165) is 18.0 Å². The number of aliphatic imine (C=N–C) groups is 1. The quantitative estimate of drug-likeness (QED) is 0.415. The molecule has 124 valence electrons. The molecule has 1 aliphatic rings. The number of halogens is 1. The molecular weight excluding hydrogens is 409 g/mol. The van der Waals surface area contributed by atoms with Crippen molar-refractivity contribution in [2.45, 2.75) is 44.5 Å². The van der Waals surface area contributed by atoms with Gasteiger partial charge in [0.25, 0.3) is 0 Å². The molecule has 3 N–H and O–H groups in total. The van der Waals surface area contributed by atoms with E-state index in [1.165, 1.54) is 25.0 Å². The molecule has 0 bridgehead atoms. The standard InChI is InChI=1S/C16H25N3OS.HI/c1-12(2)20-14-8-6-13(7-9-14)19-16(17)18-11-15-5-3-4-10-21-15;/h6-9,12,15H,3-5,10-11H2,1-2H3,(H3,17,18,19);1H. The molecule has 22 heavy (non-hydrogen) atoms. The van der Waals surface area contributed by atoms with Crippen molar-refractivity contribution in [2.24, 2.45) is 10.7 Å². The van der Waals surface area contributed by atoms with Crippen LogP contribution in [0.1, 0.15) is 33.1 Å². The van der Waals surface area contributed by atoms with Gasteiger partial charge in [0.1, 0.15) is 5.75 Å². The topological polar surface area (TPSA) is 59.6 Å². The molecule has 1 heterocycles. The molecule has 1 fully saturated rings. The summed E-state index contributed by atoms with van der Waals surface area (Å²) in [6.07, 6.45) is 4.09. The largest absolute Gasteiger partial charge is 0.491 e. The lowest BCUT2D eigenvalue weighted by Crippen LogP contribution is -2.24. The summed E-state index contributed by atoms with van der Waals surface area (Å²) in [6.45, 7) is 4.83. The average molecular weight is 435 g/mol. The number of nitrogens with zero attached hydrogens (tertiary/aromatic N) is 1. The van der Waals surface area contributed by atoms with E-state index < -0.39 is 0 Å². The molecule has 0 aliphatic carbocycles. The Balaban J connectivity index is 0.00000242. The number of benzene rings is 1. The van der Waals surface area contributed by atoms with Crippen molar-refractivity contribution in [1.29, 1.82) is 0 Å². The van der Waals surface area contributed by atoms with Gasteiger partial charge in [-0.05, 0) is 56.7 Å². The number of ether oxygens (including phenoxy) is 1. The molecule has 2 rings (SSSR count). The van der Waals surface area contributed by atoms with E-state index in [1.807, 2.05) is 49.9 Å². The molecule has 0 spiro atoms. The smallest absolute Gasteiger partial charge is 0.193 e. The van der Waals surface area contributed by atoms with E-state index in [1.54, 1.807) is 0 Å². The number of hydrogen-bond acceptors (Lipinski definition) is 3. The van der Waals surface area contributed by atoms with E-state index in [-0.39, 0.29) is 30.1 Å². The van der Waals surface area contributed by atoms with Crippen molar-refractivity contribution in [3.63, 3.8) is 0 Å². The van der Waals surface area contributed by atoms with Gasteiger partial charge in [0, 0.05) is 10.9 Å². The van der Waals surface area contributed by atoms with Gasteiger partial charge in [-0.25, -0.2) is 0 Å². The second kappa shape index (κ2) is 10.2. The minimum absolute atomic E-state index is 0. The monoisotopic (exact) mass is 435 g/mol. The minimum atomic E-state index is 0. The first-order valence-corrected chi connectivity index (χ1v) is 8.63. The van der Waals surface area contributed by atoms with Crippen LogP contribution in [0.4, 0.5) is 5.69 Å². The van der Waals surface area contributed by atoms with Crippen LogP contribution in [-0.2, 0) is 0 Å². The highest BCUT2D eigenvalue weighted by atomic mass is 127. The predicted octanol–water partition coefficient (Wildman–Crippen LogP) is 4.10. The summed E-state index contributed by atoms with van der Waals surface area (Å²) in [4.78, 5) is 4.45. The van der Waals surface area contributed by atoms with Gasteiger partial charge < -0.3 is 15.8 Å². The third kappa shape index (κ3) is 7.09. The number of guanidine groups is 1. The first kappa shape index (κ1) is 19.4. The van der Waals surface area contributed by atoms with Crippen molar-refractivity contribution in [3.05, 3.63) is 24.3 Å². The fraction of sp³-hybridized carbons (Fsp3) is 0.562. The number of hydrogen-bond donors (Lipinski definition) is 2. The zero-order chi connectivity index (χ0) is 15.1. The molecule has 1 aliphatic heterocycles. The number of nitrogens with one attached hydrogen (secondary N) is 1. The summed E-state index contributed by atoms with van der Waals surface area (Å²) in [5, 5.41) is 3.75. The third-order valence-corrected chi connectivity index (χ3v) is 4.62. The summed E-state index contributed by atoms with van der Waals surface area (Å²) in [5.41, 5.74) is 6.87. The maximum Gasteiger partial charge on any atom is 0.193 e. The summed E-state index contributed by atoms with van der Waals surface area (Å²) < 4.78 is 5.61.